The lowest BCUT2D eigenvalue weighted by Crippen LogP contribution is -1.93. The maximum absolute atomic E-state index is 5.99. The zero-order valence-corrected chi connectivity index (χ0v) is 10.4. The van der Waals surface area contributed by atoms with Crippen molar-refractivity contribution in [2.75, 3.05) is 0 Å². The third-order valence-corrected chi connectivity index (χ3v) is 3.56. The maximum Gasteiger partial charge on any atom is 0.0723 e. The molecule has 78 valence electrons. The Balaban J connectivity index is 2.93. The van der Waals surface area contributed by atoms with E-state index in [4.69, 9.17) is 23.2 Å². The molecule has 1 heterocycles. The standard InChI is InChI=1S/C12H11Cl2N/c1-6-7(2)9-4-10(13)11(14)5-12(9)15-8(6)3/h4-5H,1-3H3. The number of hydrogen-bond acceptors (Lipinski definition) is 1. The van der Waals surface area contributed by atoms with E-state index in [0.29, 0.717) is 10.0 Å². The molecule has 0 N–H and O–H groups in total. The predicted molar refractivity (Wildman–Crippen MR) is 66.0 cm³/mol. The first-order chi connectivity index (χ1) is 7.00. The monoisotopic (exact) mass is 239 g/mol. The second-order valence-electron chi connectivity index (χ2n) is 3.73. The van der Waals surface area contributed by atoms with Gasteiger partial charge in [-0.1, -0.05) is 23.2 Å². The van der Waals surface area contributed by atoms with Crippen molar-refractivity contribution in [1.29, 1.82) is 0 Å². The van der Waals surface area contributed by atoms with Crippen LogP contribution < -0.4 is 0 Å². The molecular weight excluding hydrogens is 229 g/mol. The van der Waals surface area contributed by atoms with E-state index in [1.807, 2.05) is 19.1 Å². The fourth-order valence-corrected chi connectivity index (χ4v) is 1.99. The molecule has 2 aromatic rings. The first kappa shape index (κ1) is 10.7. The highest BCUT2D eigenvalue weighted by molar-refractivity contribution is 6.42. The summed E-state index contributed by atoms with van der Waals surface area (Å²) in [6, 6.07) is 3.70. The van der Waals surface area contributed by atoms with Crippen LogP contribution in [-0.4, -0.2) is 4.98 Å². The Bertz CT molecular complexity index is 542. The minimum atomic E-state index is 0.555. The summed E-state index contributed by atoms with van der Waals surface area (Å²) in [6.45, 7) is 6.15. The maximum atomic E-state index is 5.99. The summed E-state index contributed by atoms with van der Waals surface area (Å²) in [5, 5.41) is 2.21. The number of nitrogens with zero attached hydrogens (tertiary/aromatic N) is 1. The third-order valence-electron chi connectivity index (χ3n) is 2.84. The molecule has 0 atom stereocenters. The zero-order chi connectivity index (χ0) is 11.2. The van der Waals surface area contributed by atoms with E-state index in [-0.39, 0.29) is 0 Å². The smallest absolute Gasteiger partial charge is 0.0723 e. The van der Waals surface area contributed by atoms with Gasteiger partial charge in [0.1, 0.15) is 0 Å². The van der Waals surface area contributed by atoms with Crippen LogP contribution in [0.4, 0.5) is 0 Å². The van der Waals surface area contributed by atoms with Crippen molar-refractivity contribution in [3.8, 4) is 0 Å². The van der Waals surface area contributed by atoms with Gasteiger partial charge in [-0.25, -0.2) is 0 Å². The van der Waals surface area contributed by atoms with Gasteiger partial charge in [0.25, 0.3) is 0 Å². The number of halogens is 2. The summed E-state index contributed by atoms with van der Waals surface area (Å²) in [6.07, 6.45) is 0. The van der Waals surface area contributed by atoms with Crippen molar-refractivity contribution in [1.82, 2.24) is 4.98 Å². The van der Waals surface area contributed by atoms with Crippen LogP contribution in [-0.2, 0) is 0 Å². The fourth-order valence-electron chi connectivity index (χ4n) is 1.67. The lowest BCUT2D eigenvalue weighted by molar-refractivity contribution is 1.17. The molecule has 1 nitrogen and oxygen atoms in total. The van der Waals surface area contributed by atoms with Crippen molar-refractivity contribution in [3.05, 3.63) is 39.0 Å². The molecule has 0 aliphatic rings. The van der Waals surface area contributed by atoms with Crippen LogP contribution in [0.15, 0.2) is 12.1 Å². The van der Waals surface area contributed by atoms with Crippen molar-refractivity contribution < 1.29 is 0 Å². The second-order valence-corrected chi connectivity index (χ2v) is 4.55. The highest BCUT2D eigenvalue weighted by Gasteiger charge is 2.08. The first-order valence-corrected chi connectivity index (χ1v) is 5.49. The summed E-state index contributed by atoms with van der Waals surface area (Å²) in [5.41, 5.74) is 4.38. The summed E-state index contributed by atoms with van der Waals surface area (Å²) in [4.78, 5) is 4.49. The molecule has 1 aromatic carbocycles. The van der Waals surface area contributed by atoms with E-state index in [1.165, 1.54) is 11.1 Å². The topological polar surface area (TPSA) is 12.9 Å². The van der Waals surface area contributed by atoms with Crippen LogP contribution >= 0.6 is 23.2 Å². The lowest BCUT2D eigenvalue weighted by atomic mass is 10.0. The summed E-state index contributed by atoms with van der Waals surface area (Å²) < 4.78 is 0. The molecule has 0 unspecified atom stereocenters. The zero-order valence-electron chi connectivity index (χ0n) is 8.86. The van der Waals surface area contributed by atoms with Crippen molar-refractivity contribution in [2.24, 2.45) is 0 Å². The van der Waals surface area contributed by atoms with E-state index in [1.54, 1.807) is 0 Å². The normalized spacial score (nSPS) is 11.0. The van der Waals surface area contributed by atoms with Crippen LogP contribution in [0.1, 0.15) is 16.8 Å². The minimum Gasteiger partial charge on any atom is -0.253 e. The predicted octanol–water partition coefficient (Wildman–Crippen LogP) is 4.47. The largest absolute Gasteiger partial charge is 0.253 e. The van der Waals surface area contributed by atoms with Gasteiger partial charge in [-0.05, 0) is 44.0 Å². The molecule has 0 fully saturated rings. The van der Waals surface area contributed by atoms with E-state index in [9.17, 15) is 0 Å². The van der Waals surface area contributed by atoms with E-state index < -0.39 is 0 Å². The SMILES string of the molecule is Cc1nc2cc(Cl)c(Cl)cc2c(C)c1C. The first-order valence-electron chi connectivity index (χ1n) is 4.73. The van der Waals surface area contributed by atoms with Gasteiger partial charge in [-0.2, -0.15) is 0 Å². The number of aryl methyl sites for hydroxylation is 2. The van der Waals surface area contributed by atoms with Crippen molar-refractivity contribution in [3.63, 3.8) is 0 Å². The number of fused-ring (bicyclic) bond motifs is 1. The quantitative estimate of drug-likeness (QED) is 0.662. The van der Waals surface area contributed by atoms with Crippen LogP contribution in [0.25, 0.3) is 10.9 Å². The number of benzene rings is 1. The Hall–Kier alpha value is -0.790. The van der Waals surface area contributed by atoms with Gasteiger partial charge in [0, 0.05) is 11.1 Å². The van der Waals surface area contributed by atoms with E-state index in [0.717, 1.165) is 16.6 Å². The van der Waals surface area contributed by atoms with E-state index in [2.05, 4.69) is 18.8 Å². The Labute approximate surface area is 99.0 Å². The summed E-state index contributed by atoms with van der Waals surface area (Å²) >= 11 is 12.0. The van der Waals surface area contributed by atoms with Gasteiger partial charge >= 0.3 is 0 Å². The Morgan fingerprint density at radius 2 is 1.53 bits per heavy atom. The molecular formula is C12H11Cl2N. The van der Waals surface area contributed by atoms with Crippen LogP contribution in [0.5, 0.6) is 0 Å². The van der Waals surface area contributed by atoms with Gasteiger partial charge in [0.15, 0.2) is 0 Å². The van der Waals surface area contributed by atoms with Gasteiger partial charge in [-0.3, -0.25) is 4.98 Å². The molecule has 0 amide bonds. The number of hydrogen-bond donors (Lipinski definition) is 0. The average Bonchev–Trinajstić information content (AvgIpc) is 2.19. The Kier molecular flexibility index (Phi) is 2.61. The summed E-state index contributed by atoms with van der Waals surface area (Å²) in [5.74, 6) is 0. The molecule has 0 aliphatic heterocycles. The van der Waals surface area contributed by atoms with Crippen LogP contribution in [0, 0.1) is 20.8 Å². The van der Waals surface area contributed by atoms with Crippen molar-refractivity contribution in [2.45, 2.75) is 20.8 Å². The highest BCUT2D eigenvalue weighted by Crippen LogP contribution is 2.30. The molecule has 0 saturated heterocycles. The molecule has 3 heteroatoms. The Morgan fingerprint density at radius 1 is 0.933 bits per heavy atom. The number of rotatable bonds is 0. The highest BCUT2D eigenvalue weighted by atomic mass is 35.5. The lowest BCUT2D eigenvalue weighted by Gasteiger charge is -2.09. The fraction of sp³-hybridized carbons (Fsp3) is 0.250. The van der Waals surface area contributed by atoms with E-state index >= 15 is 0 Å². The average molecular weight is 240 g/mol. The second kappa shape index (κ2) is 3.66. The molecule has 1 aromatic heterocycles. The van der Waals surface area contributed by atoms with Gasteiger partial charge in [0.05, 0.1) is 15.6 Å². The third kappa shape index (κ3) is 1.70. The molecule has 0 radical (unpaired) electrons. The van der Waals surface area contributed by atoms with Gasteiger partial charge in [-0.15, -0.1) is 0 Å². The van der Waals surface area contributed by atoms with Crippen molar-refractivity contribution >= 4 is 34.1 Å². The number of aromatic nitrogens is 1. The molecule has 0 spiro atoms. The molecule has 0 saturated carbocycles. The molecule has 2 rings (SSSR count). The van der Waals surface area contributed by atoms with Gasteiger partial charge in [0.2, 0.25) is 0 Å². The van der Waals surface area contributed by atoms with Crippen LogP contribution in [0.2, 0.25) is 10.0 Å². The van der Waals surface area contributed by atoms with Gasteiger partial charge < -0.3 is 0 Å². The summed E-state index contributed by atoms with van der Waals surface area (Å²) in [7, 11) is 0. The molecule has 15 heavy (non-hydrogen) atoms. The molecule has 0 aliphatic carbocycles. The minimum absolute atomic E-state index is 0.555. The van der Waals surface area contributed by atoms with Crippen LogP contribution in [0.3, 0.4) is 0 Å². The number of pyridine rings is 1. The molecule has 0 bridgehead atoms. The Morgan fingerprint density at radius 3 is 2.20 bits per heavy atom.